The fraction of sp³-hybridized carbons (Fsp3) is 0.923. The minimum atomic E-state index is 0.0558. The van der Waals surface area contributed by atoms with Crippen LogP contribution in [-0.2, 0) is 4.79 Å². The number of carbonyl (C=O) groups is 1. The lowest BCUT2D eigenvalue weighted by Crippen LogP contribution is -2.49. The summed E-state index contributed by atoms with van der Waals surface area (Å²) >= 11 is 0. The highest BCUT2D eigenvalue weighted by atomic mass is 16.2. The number of amides is 1. The van der Waals surface area contributed by atoms with E-state index in [1.165, 1.54) is 6.42 Å². The fourth-order valence-corrected chi connectivity index (χ4v) is 2.79. The molecule has 3 unspecified atom stereocenters. The molecule has 0 heterocycles. The molecule has 3 atom stereocenters. The van der Waals surface area contributed by atoms with Gasteiger partial charge in [0.1, 0.15) is 0 Å². The third kappa shape index (κ3) is 2.97. The van der Waals surface area contributed by atoms with Crippen LogP contribution in [0.1, 0.15) is 46.5 Å². The van der Waals surface area contributed by atoms with Crippen molar-refractivity contribution in [1.82, 2.24) is 4.90 Å². The van der Waals surface area contributed by atoms with Gasteiger partial charge in [0, 0.05) is 19.1 Å². The molecule has 0 radical (unpaired) electrons. The topological polar surface area (TPSA) is 46.3 Å². The second-order valence-electron chi connectivity index (χ2n) is 5.02. The third-order valence-corrected chi connectivity index (χ3v) is 3.74. The van der Waals surface area contributed by atoms with Crippen molar-refractivity contribution in [1.29, 1.82) is 0 Å². The molecule has 16 heavy (non-hydrogen) atoms. The van der Waals surface area contributed by atoms with Crippen LogP contribution in [0.15, 0.2) is 0 Å². The Morgan fingerprint density at radius 1 is 1.38 bits per heavy atom. The van der Waals surface area contributed by atoms with Gasteiger partial charge in [0.2, 0.25) is 5.91 Å². The van der Waals surface area contributed by atoms with Gasteiger partial charge in [0.05, 0.1) is 5.92 Å². The summed E-state index contributed by atoms with van der Waals surface area (Å²) in [5.41, 5.74) is 6.11. The summed E-state index contributed by atoms with van der Waals surface area (Å²) in [4.78, 5) is 14.4. The Bertz CT molecular complexity index is 220. The molecule has 1 rings (SSSR count). The van der Waals surface area contributed by atoms with Gasteiger partial charge in [-0.05, 0) is 32.1 Å². The minimum absolute atomic E-state index is 0.0558. The molecule has 1 aliphatic rings. The van der Waals surface area contributed by atoms with E-state index in [9.17, 15) is 4.79 Å². The molecule has 0 bridgehead atoms. The summed E-state index contributed by atoms with van der Waals surface area (Å²) in [6.45, 7) is 8.00. The monoisotopic (exact) mass is 226 g/mol. The first-order valence-corrected chi connectivity index (χ1v) is 6.66. The van der Waals surface area contributed by atoms with E-state index >= 15 is 0 Å². The Labute approximate surface area is 99.4 Å². The number of hydrogen-bond acceptors (Lipinski definition) is 2. The molecule has 0 aromatic carbocycles. The molecule has 3 nitrogen and oxygen atoms in total. The van der Waals surface area contributed by atoms with Gasteiger partial charge < -0.3 is 10.6 Å². The molecule has 3 heteroatoms. The van der Waals surface area contributed by atoms with Gasteiger partial charge in [-0.1, -0.05) is 20.3 Å². The lowest BCUT2D eigenvalue weighted by molar-refractivity contribution is -0.138. The molecule has 1 saturated carbocycles. The highest BCUT2D eigenvalue weighted by Crippen LogP contribution is 2.30. The second-order valence-corrected chi connectivity index (χ2v) is 5.02. The maximum absolute atomic E-state index is 12.4. The fourth-order valence-electron chi connectivity index (χ4n) is 2.79. The number of rotatable bonds is 4. The molecule has 0 aromatic rings. The van der Waals surface area contributed by atoms with Crippen LogP contribution in [0, 0.1) is 11.8 Å². The number of hydrogen-bond donors (Lipinski definition) is 1. The van der Waals surface area contributed by atoms with Crippen LogP contribution >= 0.6 is 0 Å². The van der Waals surface area contributed by atoms with Crippen LogP contribution in [0.4, 0.5) is 0 Å². The first-order chi connectivity index (χ1) is 7.61. The Morgan fingerprint density at radius 2 is 2.06 bits per heavy atom. The van der Waals surface area contributed by atoms with Crippen molar-refractivity contribution < 1.29 is 4.79 Å². The zero-order valence-electron chi connectivity index (χ0n) is 10.9. The Morgan fingerprint density at radius 3 is 2.56 bits per heavy atom. The summed E-state index contributed by atoms with van der Waals surface area (Å²) in [5.74, 6) is 0.784. The van der Waals surface area contributed by atoms with Crippen molar-refractivity contribution in [2.45, 2.75) is 52.5 Å². The minimum Gasteiger partial charge on any atom is -0.343 e. The van der Waals surface area contributed by atoms with Crippen molar-refractivity contribution in [3.8, 4) is 0 Å². The Balaban J connectivity index is 2.68. The first-order valence-electron chi connectivity index (χ1n) is 6.66. The standard InChI is InChI=1S/C13H26N2O/c1-4-9-15(5-2)13(16)12-10(3)7-6-8-11(12)14/h10-12H,4-9,14H2,1-3H3. The van der Waals surface area contributed by atoms with E-state index in [1.807, 2.05) is 11.8 Å². The first kappa shape index (κ1) is 13.5. The lowest BCUT2D eigenvalue weighted by atomic mass is 9.76. The van der Waals surface area contributed by atoms with E-state index in [-0.39, 0.29) is 17.9 Å². The largest absolute Gasteiger partial charge is 0.343 e. The van der Waals surface area contributed by atoms with E-state index in [4.69, 9.17) is 5.73 Å². The summed E-state index contributed by atoms with van der Waals surface area (Å²) < 4.78 is 0. The summed E-state index contributed by atoms with van der Waals surface area (Å²) in [5, 5.41) is 0. The molecule has 1 fully saturated rings. The molecule has 94 valence electrons. The Kier molecular flexibility index (Phi) is 5.26. The number of nitrogens with two attached hydrogens (primary N) is 1. The zero-order valence-corrected chi connectivity index (χ0v) is 10.9. The van der Waals surface area contributed by atoms with Crippen molar-refractivity contribution in [2.24, 2.45) is 17.6 Å². The van der Waals surface area contributed by atoms with Crippen molar-refractivity contribution >= 4 is 5.91 Å². The van der Waals surface area contributed by atoms with E-state index < -0.39 is 0 Å². The van der Waals surface area contributed by atoms with Gasteiger partial charge >= 0.3 is 0 Å². The van der Waals surface area contributed by atoms with Gasteiger partial charge in [0.25, 0.3) is 0 Å². The van der Waals surface area contributed by atoms with E-state index in [2.05, 4.69) is 13.8 Å². The average molecular weight is 226 g/mol. The van der Waals surface area contributed by atoms with Crippen molar-refractivity contribution in [3.63, 3.8) is 0 Å². The summed E-state index contributed by atoms with van der Waals surface area (Å²) in [7, 11) is 0. The molecular formula is C13H26N2O. The van der Waals surface area contributed by atoms with Gasteiger partial charge in [0.15, 0.2) is 0 Å². The van der Waals surface area contributed by atoms with E-state index in [1.54, 1.807) is 0 Å². The van der Waals surface area contributed by atoms with Crippen LogP contribution in [-0.4, -0.2) is 29.9 Å². The van der Waals surface area contributed by atoms with E-state index in [0.717, 1.165) is 32.4 Å². The van der Waals surface area contributed by atoms with Crippen LogP contribution < -0.4 is 5.73 Å². The van der Waals surface area contributed by atoms with Crippen LogP contribution in [0.3, 0.4) is 0 Å². The van der Waals surface area contributed by atoms with E-state index in [0.29, 0.717) is 5.92 Å². The third-order valence-electron chi connectivity index (χ3n) is 3.74. The second kappa shape index (κ2) is 6.24. The normalized spacial score (nSPS) is 30.1. The number of nitrogens with zero attached hydrogens (tertiary/aromatic N) is 1. The van der Waals surface area contributed by atoms with Gasteiger partial charge in [-0.2, -0.15) is 0 Å². The van der Waals surface area contributed by atoms with Gasteiger partial charge in [-0.25, -0.2) is 0 Å². The highest BCUT2D eigenvalue weighted by molar-refractivity contribution is 5.80. The predicted octanol–water partition coefficient (Wildman–Crippen LogP) is 2.01. The summed E-state index contributed by atoms with van der Waals surface area (Å²) in [6.07, 6.45) is 4.35. The average Bonchev–Trinajstić information content (AvgIpc) is 2.25. The van der Waals surface area contributed by atoms with Gasteiger partial charge in [-0.15, -0.1) is 0 Å². The Hall–Kier alpha value is -0.570. The SMILES string of the molecule is CCCN(CC)C(=O)C1C(C)CCCC1N. The summed E-state index contributed by atoms with van der Waals surface area (Å²) in [6, 6.07) is 0.0714. The molecule has 0 aromatic heterocycles. The number of carbonyl (C=O) groups excluding carboxylic acids is 1. The van der Waals surface area contributed by atoms with Gasteiger partial charge in [-0.3, -0.25) is 4.79 Å². The maximum atomic E-state index is 12.4. The van der Waals surface area contributed by atoms with Crippen LogP contribution in [0.5, 0.6) is 0 Å². The quantitative estimate of drug-likeness (QED) is 0.797. The van der Waals surface area contributed by atoms with Crippen molar-refractivity contribution in [3.05, 3.63) is 0 Å². The maximum Gasteiger partial charge on any atom is 0.227 e. The molecule has 1 amide bonds. The molecule has 0 aliphatic heterocycles. The van der Waals surface area contributed by atoms with Crippen LogP contribution in [0.2, 0.25) is 0 Å². The highest BCUT2D eigenvalue weighted by Gasteiger charge is 2.35. The molecule has 1 aliphatic carbocycles. The molecule has 0 saturated heterocycles. The lowest BCUT2D eigenvalue weighted by Gasteiger charge is -2.36. The molecular weight excluding hydrogens is 200 g/mol. The molecule has 2 N–H and O–H groups in total. The predicted molar refractivity (Wildman–Crippen MR) is 67.0 cm³/mol. The molecule has 0 spiro atoms. The van der Waals surface area contributed by atoms with Crippen LogP contribution in [0.25, 0.3) is 0 Å². The zero-order chi connectivity index (χ0) is 12.1. The van der Waals surface area contributed by atoms with Crippen molar-refractivity contribution in [2.75, 3.05) is 13.1 Å². The smallest absolute Gasteiger partial charge is 0.227 e.